The fourth-order valence-corrected chi connectivity index (χ4v) is 2.18. The molecule has 1 spiro atoms. The van der Waals surface area contributed by atoms with Crippen molar-refractivity contribution in [2.45, 2.75) is 25.7 Å². The third-order valence-electron chi connectivity index (χ3n) is 2.95. The average molecular weight is 163 g/mol. The Morgan fingerprint density at radius 1 is 1.17 bits per heavy atom. The predicted molar refractivity (Wildman–Crippen MR) is 52.1 cm³/mol. The maximum absolute atomic E-state index is 3.47. The van der Waals surface area contributed by atoms with Gasteiger partial charge in [0.1, 0.15) is 0 Å². The van der Waals surface area contributed by atoms with Crippen LogP contribution in [0.25, 0.3) is 0 Å². The Kier molecular flexibility index (Phi) is 2.31. The Morgan fingerprint density at radius 2 is 2.17 bits per heavy atom. The molecule has 0 saturated heterocycles. The van der Waals surface area contributed by atoms with Gasteiger partial charge in [0.2, 0.25) is 0 Å². The lowest BCUT2D eigenvalue weighted by Gasteiger charge is -2.31. The van der Waals surface area contributed by atoms with Crippen LogP contribution in [0.4, 0.5) is 0 Å². The van der Waals surface area contributed by atoms with Crippen LogP contribution in [0, 0.1) is 5.41 Å². The van der Waals surface area contributed by atoms with Crippen LogP contribution in [-0.4, -0.2) is 13.1 Å². The minimum absolute atomic E-state index is 0.464. The number of hydrogen-bond acceptors (Lipinski definition) is 1. The minimum atomic E-state index is 0.464. The fraction of sp³-hybridized carbons (Fsp3) is 0.636. The van der Waals surface area contributed by atoms with Crippen LogP contribution in [-0.2, 0) is 0 Å². The molecule has 0 aromatic rings. The van der Waals surface area contributed by atoms with Crippen LogP contribution < -0.4 is 5.32 Å². The normalized spacial score (nSPS) is 35.3. The van der Waals surface area contributed by atoms with E-state index >= 15 is 0 Å². The summed E-state index contributed by atoms with van der Waals surface area (Å²) in [5.74, 6) is 0. The monoisotopic (exact) mass is 163 g/mol. The molecule has 0 bridgehead atoms. The molecular weight excluding hydrogens is 146 g/mol. The van der Waals surface area contributed by atoms with Crippen LogP contribution in [0.5, 0.6) is 0 Å². The third kappa shape index (κ3) is 1.61. The van der Waals surface area contributed by atoms with Crippen molar-refractivity contribution < 1.29 is 0 Å². The van der Waals surface area contributed by atoms with Crippen molar-refractivity contribution in [1.82, 2.24) is 5.32 Å². The van der Waals surface area contributed by atoms with E-state index in [0.717, 1.165) is 13.1 Å². The average Bonchev–Trinajstić information content (AvgIpc) is 2.33. The van der Waals surface area contributed by atoms with E-state index in [2.05, 4.69) is 29.6 Å². The lowest BCUT2D eigenvalue weighted by molar-refractivity contribution is 0.323. The van der Waals surface area contributed by atoms with Gasteiger partial charge in [0, 0.05) is 18.5 Å². The highest BCUT2D eigenvalue weighted by Crippen LogP contribution is 2.34. The molecule has 1 atom stereocenters. The predicted octanol–water partition coefficient (Wildman–Crippen LogP) is 2.26. The SMILES string of the molecule is C1=CC2(CC=CCNC2)CCC1. The quantitative estimate of drug-likeness (QED) is 0.540. The first-order valence-corrected chi connectivity index (χ1v) is 4.95. The van der Waals surface area contributed by atoms with E-state index < -0.39 is 0 Å². The van der Waals surface area contributed by atoms with Gasteiger partial charge in [-0.05, 0) is 25.7 Å². The van der Waals surface area contributed by atoms with Crippen molar-refractivity contribution in [3.63, 3.8) is 0 Å². The second-order valence-electron chi connectivity index (χ2n) is 3.96. The summed E-state index contributed by atoms with van der Waals surface area (Å²) in [6.45, 7) is 2.21. The molecule has 1 aliphatic carbocycles. The Morgan fingerprint density at radius 3 is 3.00 bits per heavy atom. The van der Waals surface area contributed by atoms with E-state index in [9.17, 15) is 0 Å². The topological polar surface area (TPSA) is 12.0 Å². The number of allylic oxidation sites excluding steroid dienone is 2. The molecule has 1 heteroatoms. The number of nitrogens with one attached hydrogen (secondary N) is 1. The van der Waals surface area contributed by atoms with Gasteiger partial charge in [-0.15, -0.1) is 0 Å². The molecule has 12 heavy (non-hydrogen) atoms. The van der Waals surface area contributed by atoms with Gasteiger partial charge in [-0.3, -0.25) is 0 Å². The Balaban J connectivity index is 2.11. The van der Waals surface area contributed by atoms with Crippen LogP contribution in [0.1, 0.15) is 25.7 Å². The van der Waals surface area contributed by atoms with Gasteiger partial charge in [0.15, 0.2) is 0 Å². The third-order valence-corrected chi connectivity index (χ3v) is 2.95. The Labute approximate surface area is 74.5 Å². The second-order valence-corrected chi connectivity index (χ2v) is 3.96. The molecule has 0 fully saturated rings. The zero-order chi connectivity index (χ0) is 8.28. The zero-order valence-corrected chi connectivity index (χ0v) is 7.55. The summed E-state index contributed by atoms with van der Waals surface area (Å²) in [5.41, 5.74) is 0.464. The minimum Gasteiger partial charge on any atom is -0.312 e. The molecule has 1 unspecified atom stereocenters. The highest BCUT2D eigenvalue weighted by molar-refractivity contribution is 5.09. The van der Waals surface area contributed by atoms with Gasteiger partial charge in [-0.1, -0.05) is 24.3 Å². The highest BCUT2D eigenvalue weighted by Gasteiger charge is 2.27. The Hall–Kier alpha value is -0.560. The van der Waals surface area contributed by atoms with E-state index in [1.807, 2.05) is 0 Å². The molecule has 0 radical (unpaired) electrons. The molecule has 0 saturated carbocycles. The molecular formula is C11H17N. The Bertz CT molecular complexity index is 205. The lowest BCUT2D eigenvalue weighted by atomic mass is 9.76. The first-order chi connectivity index (χ1) is 5.91. The first kappa shape index (κ1) is 8.06. The summed E-state index contributed by atoms with van der Waals surface area (Å²) in [6, 6.07) is 0. The largest absolute Gasteiger partial charge is 0.312 e. The van der Waals surface area contributed by atoms with Crippen LogP contribution >= 0.6 is 0 Å². The van der Waals surface area contributed by atoms with Crippen molar-refractivity contribution in [2.24, 2.45) is 5.41 Å². The van der Waals surface area contributed by atoms with E-state index in [-0.39, 0.29) is 0 Å². The van der Waals surface area contributed by atoms with E-state index in [1.54, 1.807) is 0 Å². The maximum Gasteiger partial charge on any atom is 0.0135 e. The van der Waals surface area contributed by atoms with Gasteiger partial charge >= 0.3 is 0 Å². The molecule has 0 amide bonds. The standard InChI is InChI=1S/C11H17N/c1-2-6-11(7-3-1)8-4-5-9-12-10-11/h2,4-6,12H,1,3,7-10H2. The van der Waals surface area contributed by atoms with Crippen LogP contribution in [0.3, 0.4) is 0 Å². The summed E-state index contributed by atoms with van der Waals surface area (Å²) in [6.07, 6.45) is 14.6. The van der Waals surface area contributed by atoms with E-state index in [1.165, 1.54) is 25.7 Å². The van der Waals surface area contributed by atoms with Crippen molar-refractivity contribution in [1.29, 1.82) is 0 Å². The number of rotatable bonds is 0. The summed E-state index contributed by atoms with van der Waals surface area (Å²) in [4.78, 5) is 0. The van der Waals surface area contributed by atoms with Crippen LogP contribution in [0.2, 0.25) is 0 Å². The molecule has 1 heterocycles. The number of hydrogen-bond donors (Lipinski definition) is 1. The maximum atomic E-state index is 3.47. The smallest absolute Gasteiger partial charge is 0.0135 e. The molecule has 2 aliphatic rings. The van der Waals surface area contributed by atoms with Crippen molar-refractivity contribution in [2.75, 3.05) is 13.1 Å². The van der Waals surface area contributed by atoms with E-state index in [4.69, 9.17) is 0 Å². The molecule has 1 N–H and O–H groups in total. The summed E-state index contributed by atoms with van der Waals surface area (Å²) in [7, 11) is 0. The van der Waals surface area contributed by atoms with Crippen molar-refractivity contribution in [3.05, 3.63) is 24.3 Å². The van der Waals surface area contributed by atoms with Crippen LogP contribution in [0.15, 0.2) is 24.3 Å². The molecule has 0 aromatic heterocycles. The van der Waals surface area contributed by atoms with Gasteiger partial charge in [-0.2, -0.15) is 0 Å². The molecule has 0 aromatic carbocycles. The molecule has 66 valence electrons. The summed E-state index contributed by atoms with van der Waals surface area (Å²) < 4.78 is 0. The van der Waals surface area contributed by atoms with E-state index in [0.29, 0.717) is 5.41 Å². The van der Waals surface area contributed by atoms with Crippen molar-refractivity contribution >= 4 is 0 Å². The van der Waals surface area contributed by atoms with Crippen molar-refractivity contribution in [3.8, 4) is 0 Å². The lowest BCUT2D eigenvalue weighted by Crippen LogP contribution is -2.32. The molecule has 1 nitrogen and oxygen atoms in total. The van der Waals surface area contributed by atoms with Gasteiger partial charge < -0.3 is 5.32 Å². The molecule has 1 aliphatic heterocycles. The zero-order valence-electron chi connectivity index (χ0n) is 7.55. The fourth-order valence-electron chi connectivity index (χ4n) is 2.18. The van der Waals surface area contributed by atoms with Gasteiger partial charge in [-0.25, -0.2) is 0 Å². The van der Waals surface area contributed by atoms with Gasteiger partial charge in [0.05, 0.1) is 0 Å². The summed E-state index contributed by atoms with van der Waals surface area (Å²) >= 11 is 0. The summed E-state index contributed by atoms with van der Waals surface area (Å²) in [5, 5.41) is 3.47. The second kappa shape index (κ2) is 3.44. The first-order valence-electron chi connectivity index (χ1n) is 4.95. The van der Waals surface area contributed by atoms with Gasteiger partial charge in [0.25, 0.3) is 0 Å². The highest BCUT2D eigenvalue weighted by atomic mass is 14.9. The molecule has 2 rings (SSSR count).